The van der Waals surface area contributed by atoms with Crippen molar-refractivity contribution in [1.82, 2.24) is 18.9 Å². The van der Waals surface area contributed by atoms with Crippen LogP contribution in [0.3, 0.4) is 0 Å². The zero-order valence-electron chi connectivity index (χ0n) is 15.5. The summed E-state index contributed by atoms with van der Waals surface area (Å²) in [4.78, 5) is 7.43. The third-order valence-corrected chi connectivity index (χ3v) is 5.17. The Balaban J connectivity index is 0.00000112. The Morgan fingerprint density at radius 3 is 2.25 bits per heavy atom. The number of hydrogen-bond acceptors (Lipinski definition) is 3. The molecule has 0 atom stereocenters. The molecule has 1 fully saturated rings. The summed E-state index contributed by atoms with van der Waals surface area (Å²) in [5.74, 6) is 1.01. The molecule has 5 nitrogen and oxygen atoms in total. The lowest BCUT2D eigenvalue weighted by molar-refractivity contribution is 0.0366. The zero-order valence-corrected chi connectivity index (χ0v) is 17.2. The highest BCUT2D eigenvalue weighted by molar-refractivity contribution is 5.85. The fourth-order valence-electron chi connectivity index (χ4n) is 3.78. The van der Waals surface area contributed by atoms with Gasteiger partial charge < -0.3 is 9.30 Å². The number of benzene rings is 2. The van der Waals surface area contributed by atoms with Gasteiger partial charge in [0.2, 0.25) is 5.78 Å². The predicted molar refractivity (Wildman–Crippen MR) is 118 cm³/mol. The van der Waals surface area contributed by atoms with Crippen molar-refractivity contribution < 1.29 is 4.74 Å². The predicted octanol–water partition coefficient (Wildman–Crippen LogP) is 4.13. The van der Waals surface area contributed by atoms with Gasteiger partial charge in [-0.2, -0.15) is 0 Å². The maximum absolute atomic E-state index is 5.46. The third-order valence-electron chi connectivity index (χ3n) is 5.17. The van der Waals surface area contributed by atoms with Gasteiger partial charge in [-0.1, -0.05) is 42.5 Å². The van der Waals surface area contributed by atoms with Crippen molar-refractivity contribution in [3.63, 3.8) is 0 Å². The zero-order chi connectivity index (χ0) is 17.3. The van der Waals surface area contributed by atoms with Crippen LogP contribution in [0.25, 0.3) is 28.1 Å². The molecule has 1 aliphatic rings. The fourth-order valence-corrected chi connectivity index (χ4v) is 3.78. The number of para-hydroxylation sites is 2. The van der Waals surface area contributed by atoms with E-state index in [1.54, 1.807) is 0 Å². The largest absolute Gasteiger partial charge is 0.379 e. The Morgan fingerprint density at radius 1 is 0.821 bits per heavy atom. The second-order valence-corrected chi connectivity index (χ2v) is 6.76. The average molecular weight is 419 g/mol. The number of ether oxygens (including phenoxy) is 1. The van der Waals surface area contributed by atoms with E-state index in [0.717, 1.165) is 56.4 Å². The van der Waals surface area contributed by atoms with Crippen LogP contribution in [-0.4, -0.2) is 51.7 Å². The van der Waals surface area contributed by atoms with E-state index in [4.69, 9.17) is 9.72 Å². The molecule has 28 heavy (non-hydrogen) atoms. The van der Waals surface area contributed by atoms with Gasteiger partial charge in [0.1, 0.15) is 0 Å². The second kappa shape index (κ2) is 8.97. The number of hydrogen-bond donors (Lipinski definition) is 0. The van der Waals surface area contributed by atoms with Crippen molar-refractivity contribution in [2.45, 2.75) is 6.54 Å². The Labute approximate surface area is 176 Å². The monoisotopic (exact) mass is 418 g/mol. The summed E-state index contributed by atoms with van der Waals surface area (Å²) in [6, 6.07) is 18.9. The van der Waals surface area contributed by atoms with E-state index in [1.165, 1.54) is 11.0 Å². The van der Waals surface area contributed by atoms with Crippen molar-refractivity contribution >= 4 is 41.6 Å². The first-order valence-electron chi connectivity index (χ1n) is 9.22. The van der Waals surface area contributed by atoms with Crippen LogP contribution in [0.1, 0.15) is 0 Å². The van der Waals surface area contributed by atoms with E-state index < -0.39 is 0 Å². The Bertz CT molecular complexity index is 1040. The van der Waals surface area contributed by atoms with Gasteiger partial charge in [-0.05, 0) is 12.1 Å². The molecule has 0 saturated carbocycles. The molecule has 0 unspecified atom stereocenters. The first-order chi connectivity index (χ1) is 12.9. The van der Waals surface area contributed by atoms with E-state index in [1.807, 2.05) is 6.07 Å². The van der Waals surface area contributed by atoms with Crippen molar-refractivity contribution in [3.05, 3.63) is 60.8 Å². The molecule has 0 N–H and O–H groups in total. The molecule has 1 aliphatic heterocycles. The summed E-state index contributed by atoms with van der Waals surface area (Å²) in [5, 5.41) is 0. The average Bonchev–Trinajstić information content (AvgIpc) is 3.26. The molecule has 7 heteroatoms. The van der Waals surface area contributed by atoms with Gasteiger partial charge in [-0.25, -0.2) is 4.98 Å². The summed E-state index contributed by atoms with van der Waals surface area (Å²) in [7, 11) is 0. The van der Waals surface area contributed by atoms with Gasteiger partial charge in [0, 0.05) is 37.9 Å². The summed E-state index contributed by atoms with van der Waals surface area (Å²) < 4.78 is 10.0. The maximum Gasteiger partial charge on any atom is 0.215 e. The van der Waals surface area contributed by atoms with Crippen LogP contribution in [0, 0.1) is 0 Å². The molecule has 4 aromatic rings. The van der Waals surface area contributed by atoms with Gasteiger partial charge in [-0.15, -0.1) is 24.8 Å². The molecule has 5 rings (SSSR count). The maximum atomic E-state index is 5.46. The molecule has 0 amide bonds. The molecular formula is C21H24Cl2N4O. The topological polar surface area (TPSA) is 34.7 Å². The van der Waals surface area contributed by atoms with Crippen LogP contribution in [0.2, 0.25) is 0 Å². The van der Waals surface area contributed by atoms with E-state index in [9.17, 15) is 0 Å². The van der Waals surface area contributed by atoms with Crippen LogP contribution >= 0.6 is 24.8 Å². The molecule has 0 aliphatic carbocycles. The Hall–Kier alpha value is -2.05. The van der Waals surface area contributed by atoms with E-state index in [2.05, 4.69) is 68.6 Å². The second-order valence-electron chi connectivity index (χ2n) is 6.76. The van der Waals surface area contributed by atoms with E-state index in [0.29, 0.717) is 0 Å². The molecule has 148 valence electrons. The minimum atomic E-state index is 0. The van der Waals surface area contributed by atoms with Gasteiger partial charge in [0.15, 0.2) is 0 Å². The highest BCUT2D eigenvalue weighted by atomic mass is 35.5. The van der Waals surface area contributed by atoms with Crippen molar-refractivity contribution in [3.8, 4) is 11.3 Å². The lowest BCUT2D eigenvalue weighted by Gasteiger charge is -2.26. The van der Waals surface area contributed by atoms with Crippen molar-refractivity contribution in [2.75, 3.05) is 32.8 Å². The molecular weight excluding hydrogens is 395 g/mol. The first kappa shape index (κ1) is 20.7. The fraction of sp³-hybridized carbons (Fsp3) is 0.286. The number of fused-ring (bicyclic) bond motifs is 3. The number of aromatic nitrogens is 3. The smallest absolute Gasteiger partial charge is 0.215 e. The summed E-state index contributed by atoms with van der Waals surface area (Å²) in [5.41, 5.74) is 4.62. The van der Waals surface area contributed by atoms with Crippen LogP contribution in [0.15, 0.2) is 60.8 Å². The summed E-state index contributed by atoms with van der Waals surface area (Å²) >= 11 is 0. The van der Waals surface area contributed by atoms with Crippen molar-refractivity contribution in [2.24, 2.45) is 0 Å². The Morgan fingerprint density at radius 2 is 1.50 bits per heavy atom. The Kier molecular flexibility index (Phi) is 6.62. The number of imidazole rings is 2. The molecule has 2 aromatic carbocycles. The quantitative estimate of drug-likeness (QED) is 0.499. The minimum absolute atomic E-state index is 0. The van der Waals surface area contributed by atoms with E-state index >= 15 is 0 Å². The summed E-state index contributed by atoms with van der Waals surface area (Å²) in [6.07, 6.45) is 2.15. The minimum Gasteiger partial charge on any atom is -0.379 e. The van der Waals surface area contributed by atoms with Crippen molar-refractivity contribution in [1.29, 1.82) is 0 Å². The first-order valence-corrected chi connectivity index (χ1v) is 9.22. The lowest BCUT2D eigenvalue weighted by atomic mass is 10.2. The molecule has 2 aromatic heterocycles. The molecule has 0 bridgehead atoms. The number of halogens is 2. The van der Waals surface area contributed by atoms with Gasteiger partial charge in [-0.3, -0.25) is 9.30 Å². The number of nitrogens with zero attached hydrogens (tertiary/aromatic N) is 4. The lowest BCUT2D eigenvalue weighted by Crippen LogP contribution is -2.38. The van der Waals surface area contributed by atoms with E-state index in [-0.39, 0.29) is 24.8 Å². The normalized spacial score (nSPS) is 14.7. The highest BCUT2D eigenvalue weighted by Crippen LogP contribution is 2.25. The standard InChI is InChI=1S/C21H22N4O.2ClH/c1-2-6-17(7-3-1)18-16-25-20-9-5-4-8-19(20)24(21(25)22-18)11-10-23-12-14-26-15-13-23;;/h1-9,16H,10-15H2;2*1H. The van der Waals surface area contributed by atoms with Gasteiger partial charge >= 0.3 is 0 Å². The number of rotatable bonds is 4. The molecule has 3 heterocycles. The van der Waals surface area contributed by atoms with Crippen LogP contribution in [0.5, 0.6) is 0 Å². The molecule has 0 spiro atoms. The number of morpholine rings is 1. The third kappa shape index (κ3) is 3.76. The van der Waals surface area contributed by atoms with Gasteiger partial charge in [0.25, 0.3) is 0 Å². The SMILES string of the molecule is Cl.Cl.c1ccc(-c2cn3c4ccccc4n(CCN4CCOCC4)c3n2)cc1. The highest BCUT2D eigenvalue weighted by Gasteiger charge is 2.16. The molecule has 0 radical (unpaired) electrons. The van der Waals surface area contributed by atoms with Crippen LogP contribution in [-0.2, 0) is 11.3 Å². The summed E-state index contributed by atoms with van der Waals surface area (Å²) in [6.45, 7) is 5.65. The molecule has 1 saturated heterocycles. The van der Waals surface area contributed by atoms with Crippen LogP contribution < -0.4 is 0 Å². The van der Waals surface area contributed by atoms with Crippen LogP contribution in [0.4, 0.5) is 0 Å². The van der Waals surface area contributed by atoms with Gasteiger partial charge in [0.05, 0.1) is 29.9 Å².